The normalized spacial score (nSPS) is 15.6. The van der Waals surface area contributed by atoms with Crippen molar-refractivity contribution in [2.24, 2.45) is 0 Å². The quantitative estimate of drug-likeness (QED) is 0.695. The van der Waals surface area contributed by atoms with Crippen LogP contribution in [0.25, 0.3) is 0 Å². The monoisotopic (exact) mass is 270 g/mol. The van der Waals surface area contributed by atoms with Gasteiger partial charge in [-0.2, -0.15) is 0 Å². The zero-order valence-electron chi connectivity index (χ0n) is 11.6. The summed E-state index contributed by atoms with van der Waals surface area (Å²) in [5, 5.41) is 15.5. The highest BCUT2D eigenvalue weighted by Crippen LogP contribution is 2.19. The van der Waals surface area contributed by atoms with Crippen LogP contribution in [0, 0.1) is 0 Å². The Kier molecular flexibility index (Phi) is 5.85. The maximum Gasteiger partial charge on any atom is 0.315 e. The molecule has 0 saturated heterocycles. The number of carbonyl (C=O) groups is 1. The Balaban J connectivity index is 2.34. The second-order valence-electron chi connectivity index (χ2n) is 4.76. The number of ether oxygens (including phenoxy) is 1. The third-order valence-electron chi connectivity index (χ3n) is 2.78. The van der Waals surface area contributed by atoms with Gasteiger partial charge in [0, 0.05) is 19.8 Å². The lowest BCUT2D eigenvalue weighted by atomic mass is 10.0. The number of rotatable bonds is 7. The van der Waals surface area contributed by atoms with Gasteiger partial charge in [-0.15, -0.1) is 0 Å². The van der Waals surface area contributed by atoms with Crippen LogP contribution in [0.3, 0.4) is 0 Å². The number of carbonyl (C=O) groups excluding carboxylic acids is 1. The van der Waals surface area contributed by atoms with E-state index in [2.05, 4.69) is 10.6 Å². The summed E-state index contributed by atoms with van der Waals surface area (Å²) in [5.41, 5.74) is -1.23. The number of urea groups is 1. The second-order valence-corrected chi connectivity index (χ2v) is 4.76. The summed E-state index contributed by atoms with van der Waals surface area (Å²) in [4.78, 5) is 11.6. The third-order valence-corrected chi connectivity index (χ3v) is 2.78. The van der Waals surface area contributed by atoms with Crippen molar-refractivity contribution in [2.75, 3.05) is 20.3 Å². The molecule has 0 aliphatic carbocycles. The summed E-state index contributed by atoms with van der Waals surface area (Å²) >= 11 is 0. The lowest BCUT2D eigenvalue weighted by Gasteiger charge is -2.22. The minimum Gasteiger partial charge on any atom is -0.466 e. The molecule has 0 saturated carbocycles. The van der Waals surface area contributed by atoms with E-state index < -0.39 is 5.60 Å². The Hall–Kier alpha value is -1.53. The van der Waals surface area contributed by atoms with Crippen molar-refractivity contribution >= 4 is 6.03 Å². The van der Waals surface area contributed by atoms with Crippen LogP contribution in [-0.4, -0.2) is 37.4 Å². The van der Waals surface area contributed by atoms with Crippen molar-refractivity contribution < 1.29 is 19.1 Å². The molecule has 108 valence electrons. The number of nitrogens with one attached hydrogen (secondary N) is 2. The Morgan fingerprint density at radius 3 is 2.95 bits per heavy atom. The van der Waals surface area contributed by atoms with E-state index in [1.165, 1.54) is 6.26 Å². The van der Waals surface area contributed by atoms with Gasteiger partial charge < -0.3 is 24.9 Å². The van der Waals surface area contributed by atoms with Gasteiger partial charge in [0.15, 0.2) is 0 Å². The molecular weight excluding hydrogens is 248 g/mol. The largest absolute Gasteiger partial charge is 0.466 e. The van der Waals surface area contributed by atoms with Gasteiger partial charge in [0.05, 0.1) is 12.8 Å². The number of furan rings is 1. The van der Waals surface area contributed by atoms with E-state index >= 15 is 0 Å². The molecule has 2 atom stereocenters. The van der Waals surface area contributed by atoms with E-state index in [-0.39, 0.29) is 18.6 Å². The molecule has 0 fully saturated rings. The van der Waals surface area contributed by atoms with Crippen LogP contribution in [0.1, 0.15) is 26.0 Å². The Morgan fingerprint density at radius 1 is 1.63 bits per heavy atom. The van der Waals surface area contributed by atoms with Gasteiger partial charge in [-0.25, -0.2) is 4.79 Å². The van der Waals surface area contributed by atoms with Gasteiger partial charge in [0.1, 0.15) is 11.4 Å². The first-order chi connectivity index (χ1) is 8.95. The van der Waals surface area contributed by atoms with Gasteiger partial charge in [-0.1, -0.05) is 0 Å². The maximum atomic E-state index is 11.6. The first-order valence-electron chi connectivity index (χ1n) is 6.25. The van der Waals surface area contributed by atoms with Crippen LogP contribution < -0.4 is 10.6 Å². The van der Waals surface area contributed by atoms with Gasteiger partial charge in [0.25, 0.3) is 0 Å². The average molecular weight is 270 g/mol. The highest BCUT2D eigenvalue weighted by atomic mass is 16.5. The van der Waals surface area contributed by atoms with E-state index in [9.17, 15) is 9.90 Å². The fourth-order valence-corrected chi connectivity index (χ4v) is 1.57. The topological polar surface area (TPSA) is 83.7 Å². The molecule has 0 aliphatic rings. The van der Waals surface area contributed by atoms with Crippen molar-refractivity contribution in [1.82, 2.24) is 10.6 Å². The fourth-order valence-electron chi connectivity index (χ4n) is 1.57. The van der Waals surface area contributed by atoms with Crippen LogP contribution in [0.2, 0.25) is 0 Å². The lowest BCUT2D eigenvalue weighted by Crippen LogP contribution is -2.46. The standard InChI is InChI=1S/C13H22N2O4/c1-10(6-8-18-3)15-12(16)14-9-13(2,17)11-5-4-7-19-11/h4-5,7,10,17H,6,8-9H2,1-3H3,(H2,14,15,16). The van der Waals surface area contributed by atoms with Crippen molar-refractivity contribution in [3.05, 3.63) is 24.2 Å². The lowest BCUT2D eigenvalue weighted by molar-refractivity contribution is 0.0366. The zero-order valence-corrected chi connectivity index (χ0v) is 11.6. The molecule has 6 nitrogen and oxygen atoms in total. The van der Waals surface area contributed by atoms with Crippen LogP contribution in [0.15, 0.2) is 22.8 Å². The third kappa shape index (κ3) is 5.32. The Bertz CT molecular complexity index is 376. The molecule has 1 heterocycles. The molecule has 1 aromatic rings. The van der Waals surface area contributed by atoms with Gasteiger partial charge in [0.2, 0.25) is 0 Å². The summed E-state index contributed by atoms with van der Waals surface area (Å²) < 4.78 is 10.1. The number of aliphatic hydroxyl groups is 1. The highest BCUT2D eigenvalue weighted by Gasteiger charge is 2.26. The molecule has 0 aliphatic heterocycles. The summed E-state index contributed by atoms with van der Waals surface area (Å²) in [6.45, 7) is 4.14. The average Bonchev–Trinajstić information content (AvgIpc) is 2.88. The highest BCUT2D eigenvalue weighted by molar-refractivity contribution is 5.74. The molecule has 2 amide bonds. The molecular formula is C13H22N2O4. The molecule has 1 rings (SSSR count). The van der Waals surface area contributed by atoms with Crippen LogP contribution in [0.4, 0.5) is 4.79 Å². The second kappa shape index (κ2) is 7.16. The number of hydrogen-bond donors (Lipinski definition) is 3. The molecule has 0 spiro atoms. The predicted molar refractivity (Wildman–Crippen MR) is 70.8 cm³/mol. The van der Waals surface area contributed by atoms with Gasteiger partial charge in [-0.3, -0.25) is 0 Å². The number of amides is 2. The molecule has 1 aromatic heterocycles. The molecule has 0 aromatic carbocycles. The molecule has 2 unspecified atom stereocenters. The van der Waals surface area contributed by atoms with E-state index in [0.717, 1.165) is 6.42 Å². The summed E-state index contributed by atoms with van der Waals surface area (Å²) in [6, 6.07) is 3.04. The van der Waals surface area contributed by atoms with Crippen molar-refractivity contribution in [3.8, 4) is 0 Å². The van der Waals surface area contributed by atoms with E-state index in [1.807, 2.05) is 6.92 Å². The van der Waals surface area contributed by atoms with Crippen LogP contribution >= 0.6 is 0 Å². The van der Waals surface area contributed by atoms with E-state index in [4.69, 9.17) is 9.15 Å². The SMILES string of the molecule is COCCC(C)NC(=O)NCC(C)(O)c1ccco1. The smallest absolute Gasteiger partial charge is 0.315 e. The van der Waals surface area contributed by atoms with Gasteiger partial charge >= 0.3 is 6.03 Å². The molecule has 0 bridgehead atoms. The maximum absolute atomic E-state index is 11.6. The van der Waals surface area contributed by atoms with Crippen molar-refractivity contribution in [2.45, 2.75) is 31.9 Å². The fraction of sp³-hybridized carbons (Fsp3) is 0.615. The van der Waals surface area contributed by atoms with Gasteiger partial charge in [-0.05, 0) is 32.4 Å². The Morgan fingerprint density at radius 2 is 2.37 bits per heavy atom. The minimum atomic E-state index is -1.23. The first-order valence-corrected chi connectivity index (χ1v) is 6.25. The van der Waals surface area contributed by atoms with E-state index in [1.54, 1.807) is 26.2 Å². The first kappa shape index (κ1) is 15.5. The minimum absolute atomic E-state index is 0.00788. The zero-order chi connectivity index (χ0) is 14.3. The molecule has 3 N–H and O–H groups in total. The Labute approximate surface area is 113 Å². The van der Waals surface area contributed by atoms with Crippen molar-refractivity contribution in [1.29, 1.82) is 0 Å². The van der Waals surface area contributed by atoms with Crippen LogP contribution in [-0.2, 0) is 10.3 Å². The molecule has 19 heavy (non-hydrogen) atoms. The summed E-state index contributed by atoms with van der Waals surface area (Å²) in [6.07, 6.45) is 2.22. The molecule has 6 heteroatoms. The van der Waals surface area contributed by atoms with Crippen LogP contribution in [0.5, 0.6) is 0 Å². The number of methoxy groups -OCH3 is 1. The van der Waals surface area contributed by atoms with Crippen molar-refractivity contribution in [3.63, 3.8) is 0 Å². The van der Waals surface area contributed by atoms with E-state index in [0.29, 0.717) is 12.4 Å². The number of hydrogen-bond acceptors (Lipinski definition) is 4. The summed E-state index contributed by atoms with van der Waals surface area (Å²) in [5.74, 6) is 0.417. The summed E-state index contributed by atoms with van der Waals surface area (Å²) in [7, 11) is 1.62. The molecule has 0 radical (unpaired) electrons. The predicted octanol–water partition coefficient (Wildman–Crippen LogP) is 1.21.